The molecule has 2 aromatic carbocycles. The molecule has 0 saturated carbocycles. The number of benzene rings is 2. The second-order valence-corrected chi connectivity index (χ2v) is 13.0. The van der Waals surface area contributed by atoms with Crippen LogP contribution in [-0.2, 0) is 35.1 Å². The Hall–Kier alpha value is -3.93. The summed E-state index contributed by atoms with van der Waals surface area (Å²) in [6, 6.07) is 13.8. The van der Waals surface area contributed by atoms with E-state index in [4.69, 9.17) is 25.8 Å². The lowest BCUT2D eigenvalue weighted by molar-refractivity contribution is -0.162. The SMILES string of the molecule is CNC(=O)C(C)CNC(=O)C(Cc1ccc(OC)c(Cl)c1)NC(=O)C=CCC(OC(=O)C(O)CC(C)C)C(C)C1OC1c1ccccc1. The van der Waals surface area contributed by atoms with Crippen LogP contribution in [0.5, 0.6) is 5.75 Å². The molecule has 1 fully saturated rings. The van der Waals surface area contributed by atoms with Crippen LogP contribution in [0.2, 0.25) is 5.02 Å². The van der Waals surface area contributed by atoms with Gasteiger partial charge in [-0.3, -0.25) is 14.4 Å². The van der Waals surface area contributed by atoms with Crippen LogP contribution in [0.4, 0.5) is 0 Å². The van der Waals surface area contributed by atoms with Crippen molar-refractivity contribution in [3.05, 3.63) is 76.8 Å². The highest BCUT2D eigenvalue weighted by Crippen LogP contribution is 2.45. The second kappa shape index (κ2) is 18.6. The molecule has 12 heteroatoms. The Balaban J connectivity index is 1.72. The number of carbonyl (C=O) groups is 4. The lowest BCUT2D eigenvalue weighted by Crippen LogP contribution is -2.49. The van der Waals surface area contributed by atoms with Crippen LogP contribution in [0.3, 0.4) is 0 Å². The zero-order chi connectivity index (χ0) is 35.4. The van der Waals surface area contributed by atoms with Gasteiger partial charge in [0, 0.05) is 32.4 Å². The number of hydrogen-bond acceptors (Lipinski definition) is 8. The first kappa shape index (κ1) is 38.5. The molecule has 1 heterocycles. The van der Waals surface area contributed by atoms with E-state index in [1.807, 2.05) is 51.1 Å². The number of methoxy groups -OCH3 is 1. The van der Waals surface area contributed by atoms with Crippen LogP contribution in [0.15, 0.2) is 60.7 Å². The van der Waals surface area contributed by atoms with Crippen molar-refractivity contribution in [3.8, 4) is 5.75 Å². The number of aliphatic hydroxyl groups is 1. The molecule has 11 nitrogen and oxygen atoms in total. The number of epoxide rings is 1. The lowest BCUT2D eigenvalue weighted by Gasteiger charge is -2.24. The molecule has 3 rings (SSSR count). The Kier molecular flexibility index (Phi) is 14.9. The van der Waals surface area contributed by atoms with E-state index in [-0.39, 0.29) is 55.8 Å². The molecule has 0 spiro atoms. The van der Waals surface area contributed by atoms with Gasteiger partial charge in [0.25, 0.3) is 0 Å². The third-order valence-corrected chi connectivity index (χ3v) is 8.49. The highest BCUT2D eigenvalue weighted by molar-refractivity contribution is 6.32. The summed E-state index contributed by atoms with van der Waals surface area (Å²) in [5, 5.41) is 18.8. The Morgan fingerprint density at radius 2 is 1.75 bits per heavy atom. The van der Waals surface area contributed by atoms with E-state index in [9.17, 15) is 24.3 Å². The zero-order valence-electron chi connectivity index (χ0n) is 28.4. The predicted molar refractivity (Wildman–Crippen MR) is 182 cm³/mol. The molecule has 1 aliphatic heterocycles. The standard InChI is InChI=1S/C36H48ClN3O8/c1-21(2)17-28(41)36(45)47-29(23(4)32-33(48-32)25-11-8-7-9-12-25)13-10-14-31(42)40-27(35(44)39-20-22(3)34(43)38-5)19-24-15-16-30(46-6)26(37)18-24/h7-12,14-16,18,21-23,27-29,32-33,41H,13,17,19-20H2,1-6H3,(H,38,43)(H,39,44)(H,40,42). The fraction of sp³-hybridized carbons (Fsp3) is 0.500. The maximum atomic E-state index is 13.2. The van der Waals surface area contributed by atoms with Crippen LogP contribution < -0.4 is 20.7 Å². The van der Waals surface area contributed by atoms with E-state index in [0.717, 1.165) is 5.56 Å². The molecule has 262 valence electrons. The number of amides is 3. The van der Waals surface area contributed by atoms with Gasteiger partial charge in [0.05, 0.1) is 24.2 Å². The van der Waals surface area contributed by atoms with Gasteiger partial charge in [0.15, 0.2) is 6.10 Å². The molecular formula is C36H48ClN3O8. The van der Waals surface area contributed by atoms with Gasteiger partial charge in [-0.1, -0.05) is 81.8 Å². The van der Waals surface area contributed by atoms with Gasteiger partial charge >= 0.3 is 5.97 Å². The number of ether oxygens (including phenoxy) is 3. The largest absolute Gasteiger partial charge is 0.495 e. The Morgan fingerprint density at radius 3 is 2.38 bits per heavy atom. The first-order valence-corrected chi connectivity index (χ1v) is 16.6. The predicted octanol–water partition coefficient (Wildman–Crippen LogP) is 3.92. The molecule has 1 saturated heterocycles. The first-order valence-electron chi connectivity index (χ1n) is 16.2. The fourth-order valence-corrected chi connectivity index (χ4v) is 5.59. The number of hydrogen-bond donors (Lipinski definition) is 4. The van der Waals surface area contributed by atoms with Crippen LogP contribution in [0.25, 0.3) is 0 Å². The van der Waals surface area contributed by atoms with Gasteiger partial charge < -0.3 is 35.3 Å². The van der Waals surface area contributed by atoms with Gasteiger partial charge in [-0.05, 0) is 41.7 Å². The fourth-order valence-electron chi connectivity index (χ4n) is 5.31. The van der Waals surface area contributed by atoms with Crippen molar-refractivity contribution >= 4 is 35.3 Å². The highest BCUT2D eigenvalue weighted by Gasteiger charge is 2.47. The number of halogens is 1. The van der Waals surface area contributed by atoms with Crippen LogP contribution in [-0.4, -0.2) is 73.9 Å². The number of nitrogens with one attached hydrogen (secondary N) is 3. The van der Waals surface area contributed by atoms with Gasteiger partial charge in [-0.15, -0.1) is 0 Å². The number of aliphatic hydroxyl groups excluding tert-OH is 1. The zero-order valence-corrected chi connectivity index (χ0v) is 29.2. The molecular weight excluding hydrogens is 638 g/mol. The summed E-state index contributed by atoms with van der Waals surface area (Å²) >= 11 is 6.30. The molecule has 2 aromatic rings. The monoisotopic (exact) mass is 685 g/mol. The minimum Gasteiger partial charge on any atom is -0.495 e. The molecule has 7 unspecified atom stereocenters. The summed E-state index contributed by atoms with van der Waals surface area (Å²) in [5.74, 6) is -2.15. The summed E-state index contributed by atoms with van der Waals surface area (Å²) in [6.45, 7) is 7.47. The van der Waals surface area contributed by atoms with Crippen molar-refractivity contribution in [2.75, 3.05) is 20.7 Å². The number of esters is 1. The molecule has 7 atom stereocenters. The topological polar surface area (TPSA) is 156 Å². The summed E-state index contributed by atoms with van der Waals surface area (Å²) in [6.07, 6.45) is 1.10. The summed E-state index contributed by atoms with van der Waals surface area (Å²) < 4.78 is 17.0. The normalized spacial score (nSPS) is 18.7. The number of carbonyl (C=O) groups excluding carboxylic acids is 4. The van der Waals surface area contributed by atoms with Gasteiger partial charge in [-0.2, -0.15) is 0 Å². The number of rotatable bonds is 18. The molecule has 0 radical (unpaired) electrons. The summed E-state index contributed by atoms with van der Waals surface area (Å²) in [4.78, 5) is 51.1. The molecule has 48 heavy (non-hydrogen) atoms. The molecule has 1 aliphatic rings. The van der Waals surface area contributed by atoms with Crippen molar-refractivity contribution in [2.24, 2.45) is 17.8 Å². The van der Waals surface area contributed by atoms with E-state index < -0.39 is 42.0 Å². The van der Waals surface area contributed by atoms with Crippen molar-refractivity contribution in [2.45, 2.75) is 77.4 Å². The first-order chi connectivity index (χ1) is 22.8. The Bertz CT molecular complexity index is 1420. The van der Waals surface area contributed by atoms with E-state index in [1.165, 1.54) is 20.2 Å². The molecule has 0 aromatic heterocycles. The van der Waals surface area contributed by atoms with Gasteiger partial charge in [0.1, 0.15) is 24.0 Å². The smallest absolute Gasteiger partial charge is 0.335 e. The van der Waals surface area contributed by atoms with Crippen LogP contribution >= 0.6 is 11.6 Å². The molecule has 4 N–H and O–H groups in total. The minimum atomic E-state index is -1.27. The van der Waals surface area contributed by atoms with E-state index in [0.29, 0.717) is 16.3 Å². The van der Waals surface area contributed by atoms with Crippen molar-refractivity contribution in [1.82, 2.24) is 16.0 Å². The third kappa shape index (κ3) is 11.6. The summed E-state index contributed by atoms with van der Waals surface area (Å²) in [5.41, 5.74) is 1.70. The maximum absolute atomic E-state index is 13.2. The van der Waals surface area contributed by atoms with E-state index >= 15 is 0 Å². The quantitative estimate of drug-likeness (QED) is 0.105. The van der Waals surface area contributed by atoms with E-state index in [2.05, 4.69) is 16.0 Å². The third-order valence-electron chi connectivity index (χ3n) is 8.20. The average Bonchev–Trinajstić information content (AvgIpc) is 3.87. The van der Waals surface area contributed by atoms with Crippen LogP contribution in [0.1, 0.15) is 57.8 Å². The Labute approximate surface area is 287 Å². The highest BCUT2D eigenvalue weighted by atomic mass is 35.5. The van der Waals surface area contributed by atoms with Crippen LogP contribution in [0, 0.1) is 17.8 Å². The average molecular weight is 686 g/mol. The van der Waals surface area contributed by atoms with Crippen molar-refractivity contribution < 1.29 is 38.5 Å². The van der Waals surface area contributed by atoms with E-state index in [1.54, 1.807) is 31.2 Å². The van der Waals surface area contributed by atoms with Gasteiger partial charge in [-0.25, -0.2) is 4.79 Å². The molecule has 0 bridgehead atoms. The van der Waals surface area contributed by atoms with Crippen molar-refractivity contribution in [3.63, 3.8) is 0 Å². The summed E-state index contributed by atoms with van der Waals surface area (Å²) in [7, 11) is 3.01. The second-order valence-electron chi connectivity index (χ2n) is 12.5. The molecule has 3 amide bonds. The maximum Gasteiger partial charge on any atom is 0.335 e. The van der Waals surface area contributed by atoms with Gasteiger partial charge in [0.2, 0.25) is 17.7 Å². The Morgan fingerprint density at radius 1 is 1.04 bits per heavy atom. The van der Waals surface area contributed by atoms with Crippen molar-refractivity contribution in [1.29, 1.82) is 0 Å². The minimum absolute atomic E-state index is 0.0743. The molecule has 0 aliphatic carbocycles. The lowest BCUT2D eigenvalue weighted by atomic mass is 9.93.